The van der Waals surface area contributed by atoms with E-state index in [0.29, 0.717) is 18.8 Å². The molecule has 4 rings (SSSR count). The van der Waals surface area contributed by atoms with Gasteiger partial charge in [0, 0.05) is 5.56 Å². The maximum absolute atomic E-state index is 11.7. The summed E-state index contributed by atoms with van der Waals surface area (Å²) >= 11 is 1.04. The highest BCUT2D eigenvalue weighted by atomic mass is 32.2. The molecule has 0 saturated carbocycles. The lowest BCUT2D eigenvalue weighted by molar-refractivity contribution is -0.118. The molecule has 0 aliphatic carbocycles. The number of nitrogens with one attached hydrogen (secondary N) is 1. The Balaban J connectivity index is 1.38. The lowest BCUT2D eigenvalue weighted by Gasteiger charge is -2.36. The number of phenolic OH excluding ortho intramolecular Hbond substituents is 1. The number of phenols is 1. The lowest BCUT2D eigenvalue weighted by atomic mass is 9.89. The van der Waals surface area contributed by atoms with Crippen LogP contribution in [0, 0.1) is 13.8 Å². The zero-order valence-corrected chi connectivity index (χ0v) is 18.1. The molecule has 2 atom stereocenters. The molecule has 7 heteroatoms. The van der Waals surface area contributed by atoms with Crippen LogP contribution in [-0.4, -0.2) is 33.7 Å². The van der Waals surface area contributed by atoms with E-state index in [1.807, 2.05) is 51.1 Å². The van der Waals surface area contributed by atoms with E-state index in [9.17, 15) is 14.7 Å². The number of rotatable bonds is 5. The molecule has 0 spiro atoms. The van der Waals surface area contributed by atoms with Gasteiger partial charge in [-0.1, -0.05) is 23.9 Å². The molecule has 1 saturated heterocycles. The first-order valence-electron chi connectivity index (χ1n) is 9.98. The van der Waals surface area contributed by atoms with E-state index < -0.39 is 5.60 Å². The number of aromatic hydroxyl groups is 1. The van der Waals surface area contributed by atoms with Crippen molar-refractivity contribution in [3.63, 3.8) is 0 Å². The lowest BCUT2D eigenvalue weighted by Crippen LogP contribution is -2.42. The van der Waals surface area contributed by atoms with Gasteiger partial charge >= 0.3 is 0 Å². The monoisotopic (exact) mass is 427 g/mol. The minimum absolute atomic E-state index is 0.230. The van der Waals surface area contributed by atoms with E-state index in [1.54, 1.807) is 0 Å². The highest BCUT2D eigenvalue weighted by Crippen LogP contribution is 2.40. The summed E-state index contributed by atoms with van der Waals surface area (Å²) in [5.74, 6) is 1.66. The Hall–Kier alpha value is -2.67. The zero-order valence-electron chi connectivity index (χ0n) is 17.3. The first-order valence-corrected chi connectivity index (χ1v) is 10.9. The van der Waals surface area contributed by atoms with E-state index in [0.717, 1.165) is 58.4 Å². The molecule has 1 fully saturated rings. The van der Waals surface area contributed by atoms with Gasteiger partial charge in [-0.3, -0.25) is 14.9 Å². The van der Waals surface area contributed by atoms with Gasteiger partial charge in [-0.15, -0.1) is 0 Å². The summed E-state index contributed by atoms with van der Waals surface area (Å²) in [6.45, 7) is 6.24. The van der Waals surface area contributed by atoms with Crippen LogP contribution in [0.5, 0.6) is 17.2 Å². The van der Waals surface area contributed by atoms with Gasteiger partial charge in [0.2, 0.25) is 5.91 Å². The van der Waals surface area contributed by atoms with Crippen molar-refractivity contribution in [1.82, 2.24) is 5.32 Å². The molecule has 2 N–H and O–H groups in total. The normalized spacial score (nSPS) is 23.0. The van der Waals surface area contributed by atoms with Crippen LogP contribution in [-0.2, 0) is 17.6 Å². The Labute approximate surface area is 180 Å². The molecular weight excluding hydrogens is 402 g/mol. The van der Waals surface area contributed by atoms with Crippen LogP contribution < -0.4 is 14.8 Å². The molecule has 0 aromatic heterocycles. The predicted octanol–water partition coefficient (Wildman–Crippen LogP) is 4.07. The van der Waals surface area contributed by atoms with E-state index >= 15 is 0 Å². The summed E-state index contributed by atoms with van der Waals surface area (Å²) in [4.78, 5) is 23.0. The predicted molar refractivity (Wildman–Crippen MR) is 115 cm³/mol. The van der Waals surface area contributed by atoms with Gasteiger partial charge in [0.25, 0.3) is 5.24 Å². The number of fused-ring (bicyclic) bond motifs is 1. The first-order chi connectivity index (χ1) is 14.2. The number of benzene rings is 2. The van der Waals surface area contributed by atoms with Gasteiger partial charge in [-0.2, -0.15) is 0 Å². The average Bonchev–Trinajstić information content (AvgIpc) is 3.02. The van der Waals surface area contributed by atoms with Crippen LogP contribution in [0.15, 0.2) is 30.3 Å². The number of hydrogen-bond acceptors (Lipinski definition) is 6. The maximum Gasteiger partial charge on any atom is 0.286 e. The quantitative estimate of drug-likeness (QED) is 0.748. The Morgan fingerprint density at radius 2 is 2.00 bits per heavy atom. The topological polar surface area (TPSA) is 84.9 Å². The van der Waals surface area contributed by atoms with Crippen molar-refractivity contribution < 1.29 is 24.2 Å². The molecule has 0 bridgehead atoms. The Morgan fingerprint density at radius 1 is 1.27 bits per heavy atom. The van der Waals surface area contributed by atoms with Gasteiger partial charge < -0.3 is 14.6 Å². The molecule has 2 aromatic rings. The fourth-order valence-electron chi connectivity index (χ4n) is 3.88. The number of hydrogen-bond donors (Lipinski definition) is 2. The molecular formula is C23H25NO5S. The van der Waals surface area contributed by atoms with Crippen molar-refractivity contribution in [3.8, 4) is 17.2 Å². The fourth-order valence-corrected chi connectivity index (χ4v) is 4.74. The smallest absolute Gasteiger partial charge is 0.286 e. The third kappa shape index (κ3) is 4.12. The van der Waals surface area contributed by atoms with E-state index in [1.165, 1.54) is 0 Å². The number of amides is 2. The van der Waals surface area contributed by atoms with Crippen LogP contribution in [0.1, 0.15) is 35.6 Å². The third-order valence-corrected chi connectivity index (χ3v) is 6.72. The average molecular weight is 428 g/mol. The summed E-state index contributed by atoms with van der Waals surface area (Å²) in [6.07, 6.45) is 2.13. The number of aryl methyl sites for hydroxylation is 1. The fraction of sp³-hybridized carbons (Fsp3) is 0.391. The minimum Gasteiger partial charge on any atom is -0.507 e. The number of ether oxygens (including phenoxy) is 2. The molecule has 2 aromatic carbocycles. The SMILES string of the molecule is Cc1cc2c(c(C)c1O)CCC(C)(COc1ccc(CC3SC(=O)NC3=O)cc1)O2. The number of thioether (sulfide) groups is 1. The van der Waals surface area contributed by atoms with Gasteiger partial charge in [-0.25, -0.2) is 0 Å². The number of carbonyl (C=O) groups is 2. The van der Waals surface area contributed by atoms with Crippen molar-refractivity contribution in [3.05, 3.63) is 52.6 Å². The zero-order chi connectivity index (χ0) is 21.5. The van der Waals surface area contributed by atoms with E-state index in [2.05, 4.69) is 5.32 Å². The standard InChI is InChI=1S/C23H25NO5S/c1-13-10-18-17(14(2)20(13)25)8-9-23(3,29-18)12-28-16-6-4-15(5-7-16)11-19-21(26)24-22(27)30-19/h4-7,10,19,25H,8-9,11-12H2,1-3H3,(H,24,26,27). The summed E-state index contributed by atoms with van der Waals surface area (Å²) < 4.78 is 12.3. The van der Waals surface area contributed by atoms with E-state index in [4.69, 9.17) is 9.47 Å². The Morgan fingerprint density at radius 3 is 2.67 bits per heavy atom. The molecule has 2 unspecified atom stereocenters. The molecule has 2 aliphatic heterocycles. The van der Waals surface area contributed by atoms with Gasteiger partial charge in [0.1, 0.15) is 29.5 Å². The van der Waals surface area contributed by atoms with Crippen LogP contribution in [0.4, 0.5) is 4.79 Å². The molecule has 2 amide bonds. The van der Waals surface area contributed by atoms with Crippen molar-refractivity contribution in [2.75, 3.05) is 6.61 Å². The summed E-state index contributed by atoms with van der Waals surface area (Å²) in [5, 5.41) is 11.8. The number of carbonyl (C=O) groups excluding carboxylic acids is 2. The van der Waals surface area contributed by atoms with Crippen molar-refractivity contribution in [2.24, 2.45) is 0 Å². The van der Waals surface area contributed by atoms with Crippen LogP contribution in [0.25, 0.3) is 0 Å². The first kappa shape index (κ1) is 20.6. The molecule has 2 heterocycles. The molecule has 158 valence electrons. The molecule has 30 heavy (non-hydrogen) atoms. The third-order valence-electron chi connectivity index (χ3n) is 5.74. The summed E-state index contributed by atoms with van der Waals surface area (Å²) in [7, 11) is 0. The Kier molecular flexibility index (Phi) is 5.40. The maximum atomic E-state index is 11.7. The van der Waals surface area contributed by atoms with Crippen LogP contribution >= 0.6 is 11.8 Å². The van der Waals surface area contributed by atoms with Crippen molar-refractivity contribution in [2.45, 2.75) is 50.9 Å². The Bertz CT molecular complexity index is 1000. The second-order valence-electron chi connectivity index (χ2n) is 8.22. The van der Waals surface area contributed by atoms with Crippen LogP contribution in [0.3, 0.4) is 0 Å². The molecule has 0 radical (unpaired) electrons. The van der Waals surface area contributed by atoms with Gasteiger partial charge in [-0.05, 0) is 74.9 Å². The minimum atomic E-state index is -0.458. The highest BCUT2D eigenvalue weighted by Gasteiger charge is 2.34. The largest absolute Gasteiger partial charge is 0.507 e. The second kappa shape index (κ2) is 7.87. The number of imide groups is 1. The van der Waals surface area contributed by atoms with Crippen LogP contribution in [0.2, 0.25) is 0 Å². The molecule has 6 nitrogen and oxygen atoms in total. The summed E-state index contributed by atoms with van der Waals surface area (Å²) in [5.41, 5.74) is 3.28. The van der Waals surface area contributed by atoms with Crippen molar-refractivity contribution >= 4 is 22.9 Å². The van der Waals surface area contributed by atoms with Gasteiger partial charge in [0.05, 0.1) is 5.25 Å². The highest BCUT2D eigenvalue weighted by molar-refractivity contribution is 8.15. The summed E-state index contributed by atoms with van der Waals surface area (Å²) in [6, 6.07) is 9.48. The van der Waals surface area contributed by atoms with Gasteiger partial charge in [0.15, 0.2) is 0 Å². The molecule has 2 aliphatic rings. The van der Waals surface area contributed by atoms with E-state index in [-0.39, 0.29) is 16.4 Å². The second-order valence-corrected chi connectivity index (χ2v) is 9.39. The van der Waals surface area contributed by atoms with Crippen molar-refractivity contribution in [1.29, 1.82) is 0 Å².